The number of pyridine rings is 1. The number of nitrogens with zero attached hydrogens (tertiary/aromatic N) is 4. The maximum atomic E-state index is 13.1. The van der Waals surface area contributed by atoms with Crippen molar-refractivity contribution in [3.05, 3.63) is 66.1 Å². The standard InChI is InChI=1S/C19H17FN4O2/c20-16-7-5-13(6-8-16)19(25)24-10-2-4-15(12-24)18-22-17(23-26-18)14-3-1-9-21-11-14/h1,3,5-9,11,15H,2,4,10,12H2/t15-/m0/s1. The average molecular weight is 352 g/mol. The molecule has 0 bridgehead atoms. The highest BCUT2D eigenvalue weighted by molar-refractivity contribution is 5.94. The maximum absolute atomic E-state index is 13.1. The van der Waals surface area contributed by atoms with Crippen molar-refractivity contribution >= 4 is 5.91 Å². The molecule has 1 saturated heterocycles. The minimum absolute atomic E-state index is 0.00827. The van der Waals surface area contributed by atoms with E-state index in [1.165, 1.54) is 24.3 Å². The van der Waals surface area contributed by atoms with Crippen LogP contribution in [0.2, 0.25) is 0 Å². The van der Waals surface area contributed by atoms with Crippen LogP contribution in [0.15, 0.2) is 53.3 Å². The van der Waals surface area contributed by atoms with Crippen LogP contribution in [0.1, 0.15) is 35.0 Å². The van der Waals surface area contributed by atoms with E-state index in [-0.39, 0.29) is 17.6 Å². The number of hydrogen-bond acceptors (Lipinski definition) is 5. The molecule has 0 radical (unpaired) electrons. The lowest BCUT2D eigenvalue weighted by molar-refractivity contribution is 0.0695. The Balaban J connectivity index is 1.49. The van der Waals surface area contributed by atoms with Crippen LogP contribution >= 0.6 is 0 Å². The summed E-state index contributed by atoms with van der Waals surface area (Å²) in [7, 11) is 0. The number of aromatic nitrogens is 3. The van der Waals surface area contributed by atoms with Gasteiger partial charge in [0.05, 0.1) is 5.92 Å². The summed E-state index contributed by atoms with van der Waals surface area (Å²) in [6.45, 7) is 1.17. The average Bonchev–Trinajstić information content (AvgIpc) is 3.19. The molecule has 6 nitrogen and oxygen atoms in total. The molecule has 0 saturated carbocycles. The third-order valence-corrected chi connectivity index (χ3v) is 4.51. The Morgan fingerprint density at radius 2 is 2.08 bits per heavy atom. The number of carbonyl (C=O) groups excluding carboxylic acids is 1. The van der Waals surface area contributed by atoms with E-state index in [1.807, 2.05) is 12.1 Å². The molecular weight excluding hydrogens is 335 g/mol. The third kappa shape index (κ3) is 3.33. The van der Waals surface area contributed by atoms with Gasteiger partial charge in [-0.3, -0.25) is 9.78 Å². The number of carbonyl (C=O) groups is 1. The summed E-state index contributed by atoms with van der Waals surface area (Å²) in [4.78, 5) is 22.9. The highest BCUT2D eigenvalue weighted by Crippen LogP contribution is 2.28. The lowest BCUT2D eigenvalue weighted by atomic mass is 9.97. The highest BCUT2D eigenvalue weighted by atomic mass is 19.1. The Kier molecular flexibility index (Phi) is 4.43. The molecule has 3 heterocycles. The number of hydrogen-bond donors (Lipinski definition) is 0. The topological polar surface area (TPSA) is 72.1 Å². The molecule has 0 unspecified atom stereocenters. The molecule has 1 fully saturated rings. The molecule has 7 heteroatoms. The summed E-state index contributed by atoms with van der Waals surface area (Å²) in [6, 6.07) is 9.30. The summed E-state index contributed by atoms with van der Waals surface area (Å²) in [5.41, 5.74) is 1.27. The van der Waals surface area contributed by atoms with Crippen LogP contribution < -0.4 is 0 Å². The number of likely N-dealkylation sites (tertiary alicyclic amines) is 1. The quantitative estimate of drug-likeness (QED) is 0.723. The van der Waals surface area contributed by atoms with Gasteiger partial charge in [0, 0.05) is 36.6 Å². The predicted octanol–water partition coefficient (Wildman–Crippen LogP) is 3.29. The first-order valence-corrected chi connectivity index (χ1v) is 8.49. The molecule has 1 aliphatic rings. The van der Waals surface area contributed by atoms with Crippen LogP contribution in [0.25, 0.3) is 11.4 Å². The molecule has 1 aromatic carbocycles. The first kappa shape index (κ1) is 16.4. The number of piperidine rings is 1. The Morgan fingerprint density at radius 1 is 1.23 bits per heavy atom. The largest absolute Gasteiger partial charge is 0.339 e. The van der Waals surface area contributed by atoms with Gasteiger partial charge >= 0.3 is 0 Å². The van der Waals surface area contributed by atoms with E-state index in [9.17, 15) is 9.18 Å². The van der Waals surface area contributed by atoms with Crippen LogP contribution in [0.5, 0.6) is 0 Å². The Bertz CT molecular complexity index is 895. The highest BCUT2D eigenvalue weighted by Gasteiger charge is 2.29. The monoisotopic (exact) mass is 352 g/mol. The molecule has 0 spiro atoms. The van der Waals surface area contributed by atoms with Crippen molar-refractivity contribution in [1.29, 1.82) is 0 Å². The smallest absolute Gasteiger partial charge is 0.253 e. The second-order valence-corrected chi connectivity index (χ2v) is 6.30. The van der Waals surface area contributed by atoms with Gasteiger partial charge in [0.25, 0.3) is 5.91 Å². The minimum atomic E-state index is -0.355. The molecule has 26 heavy (non-hydrogen) atoms. The number of benzene rings is 1. The molecule has 1 amide bonds. The second-order valence-electron chi connectivity index (χ2n) is 6.30. The van der Waals surface area contributed by atoms with Gasteiger partial charge in [-0.2, -0.15) is 4.98 Å². The Hall–Kier alpha value is -3.09. The Labute approximate surface area is 149 Å². The molecule has 0 aliphatic carbocycles. The fraction of sp³-hybridized carbons (Fsp3) is 0.263. The van der Waals surface area contributed by atoms with Gasteiger partial charge in [0.1, 0.15) is 5.82 Å². The van der Waals surface area contributed by atoms with E-state index in [0.29, 0.717) is 30.4 Å². The zero-order valence-electron chi connectivity index (χ0n) is 14.0. The van der Waals surface area contributed by atoms with E-state index in [0.717, 1.165) is 18.4 Å². The molecule has 132 valence electrons. The van der Waals surface area contributed by atoms with Crippen molar-refractivity contribution in [2.45, 2.75) is 18.8 Å². The number of halogens is 1. The van der Waals surface area contributed by atoms with Crippen molar-refractivity contribution < 1.29 is 13.7 Å². The Morgan fingerprint density at radius 3 is 2.85 bits per heavy atom. The minimum Gasteiger partial charge on any atom is -0.339 e. The van der Waals surface area contributed by atoms with Crippen LogP contribution in [-0.2, 0) is 0 Å². The molecule has 1 atom stereocenters. The fourth-order valence-electron chi connectivity index (χ4n) is 3.15. The van der Waals surface area contributed by atoms with Crippen LogP contribution in [0, 0.1) is 5.82 Å². The van der Waals surface area contributed by atoms with E-state index in [4.69, 9.17) is 4.52 Å². The van der Waals surface area contributed by atoms with E-state index in [2.05, 4.69) is 15.1 Å². The zero-order chi connectivity index (χ0) is 17.9. The summed E-state index contributed by atoms with van der Waals surface area (Å²) in [5.74, 6) is 0.551. The summed E-state index contributed by atoms with van der Waals surface area (Å²) < 4.78 is 18.5. The van der Waals surface area contributed by atoms with Crippen molar-refractivity contribution in [2.24, 2.45) is 0 Å². The lowest BCUT2D eigenvalue weighted by Gasteiger charge is -2.31. The summed E-state index contributed by atoms with van der Waals surface area (Å²) in [6.07, 6.45) is 5.09. The van der Waals surface area contributed by atoms with Gasteiger partial charge in [-0.25, -0.2) is 4.39 Å². The fourth-order valence-corrected chi connectivity index (χ4v) is 3.15. The van der Waals surface area contributed by atoms with Crippen LogP contribution in [-0.4, -0.2) is 39.0 Å². The molecule has 4 rings (SSSR count). The van der Waals surface area contributed by atoms with Crippen molar-refractivity contribution in [3.63, 3.8) is 0 Å². The first-order valence-electron chi connectivity index (χ1n) is 8.49. The molecular formula is C19H17FN4O2. The molecule has 2 aromatic heterocycles. The number of rotatable bonds is 3. The second kappa shape index (κ2) is 7.03. The van der Waals surface area contributed by atoms with Crippen LogP contribution in [0.3, 0.4) is 0 Å². The normalized spacial score (nSPS) is 17.3. The summed E-state index contributed by atoms with van der Waals surface area (Å²) >= 11 is 0. The third-order valence-electron chi connectivity index (χ3n) is 4.51. The van der Waals surface area contributed by atoms with E-state index >= 15 is 0 Å². The van der Waals surface area contributed by atoms with Gasteiger partial charge in [-0.05, 0) is 49.2 Å². The number of amides is 1. The first-order chi connectivity index (χ1) is 12.7. The van der Waals surface area contributed by atoms with Crippen LogP contribution in [0.4, 0.5) is 4.39 Å². The van der Waals surface area contributed by atoms with Crippen molar-refractivity contribution in [3.8, 4) is 11.4 Å². The predicted molar refractivity (Wildman–Crippen MR) is 91.8 cm³/mol. The molecule has 0 N–H and O–H groups in total. The zero-order valence-corrected chi connectivity index (χ0v) is 14.0. The van der Waals surface area contributed by atoms with E-state index < -0.39 is 0 Å². The van der Waals surface area contributed by atoms with Gasteiger partial charge in [-0.1, -0.05) is 5.16 Å². The summed E-state index contributed by atoms with van der Waals surface area (Å²) in [5, 5.41) is 4.03. The SMILES string of the molecule is O=C(c1ccc(F)cc1)N1CCC[C@H](c2nc(-c3cccnc3)no2)C1. The lowest BCUT2D eigenvalue weighted by Crippen LogP contribution is -2.39. The molecule has 1 aliphatic heterocycles. The van der Waals surface area contributed by atoms with Crippen molar-refractivity contribution in [1.82, 2.24) is 20.0 Å². The van der Waals surface area contributed by atoms with Gasteiger partial charge in [0.2, 0.25) is 11.7 Å². The molecule has 3 aromatic rings. The van der Waals surface area contributed by atoms with Crippen molar-refractivity contribution in [2.75, 3.05) is 13.1 Å². The van der Waals surface area contributed by atoms with Gasteiger partial charge in [-0.15, -0.1) is 0 Å². The van der Waals surface area contributed by atoms with Gasteiger partial charge in [0.15, 0.2) is 0 Å². The maximum Gasteiger partial charge on any atom is 0.253 e. The van der Waals surface area contributed by atoms with E-state index in [1.54, 1.807) is 17.3 Å². The van der Waals surface area contributed by atoms with Gasteiger partial charge < -0.3 is 9.42 Å².